The fourth-order valence-electron chi connectivity index (χ4n) is 3.15. The first-order valence-corrected chi connectivity index (χ1v) is 11.1. The Kier molecular flexibility index (Phi) is 6.83. The van der Waals surface area contributed by atoms with E-state index in [9.17, 15) is 13.2 Å². The van der Waals surface area contributed by atoms with E-state index >= 15 is 0 Å². The molecule has 150 valence electrons. The van der Waals surface area contributed by atoms with Crippen LogP contribution in [0.4, 0.5) is 0 Å². The lowest BCUT2D eigenvalue weighted by Gasteiger charge is -2.26. The number of hydrogen-bond donors (Lipinski definition) is 1. The molecule has 0 saturated carbocycles. The van der Waals surface area contributed by atoms with Crippen molar-refractivity contribution in [1.82, 2.24) is 9.62 Å². The van der Waals surface area contributed by atoms with Crippen LogP contribution in [0.3, 0.4) is 0 Å². The van der Waals surface area contributed by atoms with Gasteiger partial charge < -0.3 is 10.1 Å². The van der Waals surface area contributed by atoms with E-state index in [1.807, 2.05) is 42.5 Å². The van der Waals surface area contributed by atoms with Crippen LogP contribution in [0.15, 0.2) is 48.5 Å². The largest absolute Gasteiger partial charge is 0.379 e. The Morgan fingerprint density at radius 2 is 1.68 bits per heavy atom. The number of aryl methyl sites for hydroxylation is 1. The number of hydrogen-bond acceptors (Lipinski definition) is 4. The van der Waals surface area contributed by atoms with E-state index in [0.717, 1.165) is 12.0 Å². The third kappa shape index (κ3) is 5.19. The quantitative estimate of drug-likeness (QED) is 0.771. The summed E-state index contributed by atoms with van der Waals surface area (Å²) in [4.78, 5) is 12.4. The molecule has 2 aromatic carbocycles. The third-order valence-corrected chi connectivity index (χ3v) is 6.71. The fourth-order valence-corrected chi connectivity index (χ4v) is 4.72. The highest BCUT2D eigenvalue weighted by Crippen LogP contribution is 2.17. The molecular formula is C21H26N2O4S. The van der Waals surface area contributed by atoms with Crippen LogP contribution in [-0.2, 0) is 33.5 Å². The number of amides is 1. The second-order valence-electron chi connectivity index (χ2n) is 6.77. The second kappa shape index (κ2) is 9.32. The van der Waals surface area contributed by atoms with E-state index in [4.69, 9.17) is 4.74 Å². The average molecular weight is 403 g/mol. The first-order valence-electron chi connectivity index (χ1n) is 9.49. The molecule has 7 heteroatoms. The van der Waals surface area contributed by atoms with E-state index in [-0.39, 0.29) is 18.2 Å². The predicted octanol–water partition coefficient (Wildman–Crippen LogP) is 2.34. The Bertz CT molecular complexity index is 904. The van der Waals surface area contributed by atoms with Gasteiger partial charge in [-0.1, -0.05) is 43.3 Å². The van der Waals surface area contributed by atoms with Gasteiger partial charge in [-0.25, -0.2) is 8.42 Å². The van der Waals surface area contributed by atoms with Crippen molar-refractivity contribution in [2.75, 3.05) is 26.3 Å². The minimum Gasteiger partial charge on any atom is -0.379 e. The summed E-state index contributed by atoms with van der Waals surface area (Å²) in [6, 6.07) is 14.8. The van der Waals surface area contributed by atoms with Gasteiger partial charge in [0.1, 0.15) is 0 Å². The predicted molar refractivity (Wildman–Crippen MR) is 108 cm³/mol. The summed E-state index contributed by atoms with van der Waals surface area (Å²) in [5.74, 6) is -0.252. The van der Waals surface area contributed by atoms with Crippen LogP contribution in [0, 0.1) is 0 Å². The summed E-state index contributed by atoms with van der Waals surface area (Å²) in [7, 11) is -3.42. The minimum atomic E-state index is -3.42. The van der Waals surface area contributed by atoms with Crippen molar-refractivity contribution in [2.45, 2.75) is 25.6 Å². The lowest BCUT2D eigenvalue weighted by Crippen LogP contribution is -2.41. The van der Waals surface area contributed by atoms with Gasteiger partial charge in [0.2, 0.25) is 10.0 Å². The van der Waals surface area contributed by atoms with Gasteiger partial charge in [0, 0.05) is 25.2 Å². The zero-order valence-electron chi connectivity index (χ0n) is 16.1. The Hall–Kier alpha value is -2.22. The molecule has 1 fully saturated rings. The maximum Gasteiger partial charge on any atom is 0.251 e. The third-order valence-electron chi connectivity index (χ3n) is 4.88. The van der Waals surface area contributed by atoms with Gasteiger partial charge in [0.25, 0.3) is 5.91 Å². The molecule has 0 unspecified atom stereocenters. The number of carbonyl (C=O) groups excluding carboxylic acids is 1. The molecule has 6 nitrogen and oxygen atoms in total. The monoisotopic (exact) mass is 402 g/mol. The lowest BCUT2D eigenvalue weighted by molar-refractivity contribution is 0.0729. The summed E-state index contributed by atoms with van der Waals surface area (Å²) < 4.78 is 32.1. The van der Waals surface area contributed by atoms with Crippen molar-refractivity contribution in [3.05, 3.63) is 70.8 Å². The highest BCUT2D eigenvalue weighted by Gasteiger charge is 2.25. The number of ether oxygens (including phenoxy) is 1. The van der Waals surface area contributed by atoms with Crippen LogP contribution in [0.2, 0.25) is 0 Å². The van der Waals surface area contributed by atoms with E-state index < -0.39 is 10.0 Å². The molecule has 1 heterocycles. The SMILES string of the molecule is CCc1ccc(C(=O)NCc2ccccc2CS(=O)(=O)N2CCOCC2)cc1. The Morgan fingerprint density at radius 3 is 2.32 bits per heavy atom. The van der Waals surface area contributed by atoms with Crippen LogP contribution >= 0.6 is 0 Å². The standard InChI is InChI=1S/C21H26N2O4S/c1-2-17-7-9-18(10-8-17)21(24)22-15-19-5-3-4-6-20(19)16-28(25,26)23-11-13-27-14-12-23/h3-10H,2,11-16H2,1H3,(H,22,24). The molecule has 1 aliphatic heterocycles. The molecule has 28 heavy (non-hydrogen) atoms. The Labute approximate surface area is 166 Å². The summed E-state index contributed by atoms with van der Waals surface area (Å²) in [6.07, 6.45) is 0.924. The maximum absolute atomic E-state index is 12.7. The van der Waals surface area contributed by atoms with Crippen molar-refractivity contribution in [3.63, 3.8) is 0 Å². The minimum absolute atomic E-state index is 0.0791. The Balaban J connectivity index is 1.67. The molecule has 2 aromatic rings. The number of sulfonamides is 1. The molecule has 1 saturated heterocycles. The second-order valence-corrected chi connectivity index (χ2v) is 8.74. The van der Waals surface area contributed by atoms with Gasteiger partial charge in [-0.3, -0.25) is 4.79 Å². The van der Waals surface area contributed by atoms with Crippen molar-refractivity contribution in [1.29, 1.82) is 0 Å². The topological polar surface area (TPSA) is 75.7 Å². The van der Waals surface area contributed by atoms with Crippen molar-refractivity contribution >= 4 is 15.9 Å². The molecule has 1 N–H and O–H groups in total. The maximum atomic E-state index is 12.7. The molecule has 0 radical (unpaired) electrons. The molecule has 0 aliphatic carbocycles. The zero-order chi connectivity index (χ0) is 20.0. The molecule has 0 bridgehead atoms. The van der Waals surface area contributed by atoms with Gasteiger partial charge in [-0.05, 0) is 35.2 Å². The number of benzene rings is 2. The zero-order valence-corrected chi connectivity index (χ0v) is 16.9. The fraction of sp³-hybridized carbons (Fsp3) is 0.381. The smallest absolute Gasteiger partial charge is 0.251 e. The van der Waals surface area contributed by atoms with Gasteiger partial charge in [-0.15, -0.1) is 0 Å². The number of morpholine rings is 1. The number of rotatable bonds is 7. The first-order chi connectivity index (χ1) is 13.5. The van der Waals surface area contributed by atoms with E-state index in [1.54, 1.807) is 6.07 Å². The average Bonchev–Trinajstić information content (AvgIpc) is 2.73. The van der Waals surface area contributed by atoms with E-state index in [0.29, 0.717) is 37.4 Å². The highest BCUT2D eigenvalue weighted by molar-refractivity contribution is 7.88. The van der Waals surface area contributed by atoms with Crippen molar-refractivity contribution in [3.8, 4) is 0 Å². The molecule has 1 amide bonds. The van der Waals surface area contributed by atoms with Crippen LogP contribution < -0.4 is 5.32 Å². The van der Waals surface area contributed by atoms with Crippen LogP contribution in [0.25, 0.3) is 0 Å². The first kappa shape index (κ1) is 20.5. The van der Waals surface area contributed by atoms with Gasteiger partial charge in [0.15, 0.2) is 0 Å². The van der Waals surface area contributed by atoms with Crippen LogP contribution in [-0.4, -0.2) is 44.9 Å². The van der Waals surface area contributed by atoms with Gasteiger partial charge in [0.05, 0.1) is 19.0 Å². The number of carbonyl (C=O) groups is 1. The molecular weight excluding hydrogens is 376 g/mol. The Morgan fingerprint density at radius 1 is 1.04 bits per heavy atom. The number of nitrogens with one attached hydrogen (secondary N) is 1. The summed E-state index contributed by atoms with van der Waals surface area (Å²) in [5.41, 5.74) is 3.28. The normalized spacial score (nSPS) is 15.3. The molecule has 0 spiro atoms. The van der Waals surface area contributed by atoms with Crippen LogP contribution in [0.1, 0.15) is 34.0 Å². The van der Waals surface area contributed by atoms with Crippen molar-refractivity contribution in [2.24, 2.45) is 0 Å². The summed E-state index contributed by atoms with van der Waals surface area (Å²) >= 11 is 0. The lowest BCUT2D eigenvalue weighted by atomic mass is 10.1. The van der Waals surface area contributed by atoms with Crippen LogP contribution in [0.5, 0.6) is 0 Å². The highest BCUT2D eigenvalue weighted by atomic mass is 32.2. The van der Waals surface area contributed by atoms with Gasteiger partial charge in [-0.2, -0.15) is 4.31 Å². The molecule has 3 rings (SSSR count). The van der Waals surface area contributed by atoms with Gasteiger partial charge >= 0.3 is 0 Å². The molecule has 0 atom stereocenters. The molecule has 0 aromatic heterocycles. The summed E-state index contributed by atoms with van der Waals surface area (Å²) in [5, 5.41) is 2.89. The molecule has 1 aliphatic rings. The van der Waals surface area contributed by atoms with E-state index in [2.05, 4.69) is 12.2 Å². The van der Waals surface area contributed by atoms with Crippen molar-refractivity contribution < 1.29 is 17.9 Å². The number of nitrogens with zero attached hydrogens (tertiary/aromatic N) is 1. The van der Waals surface area contributed by atoms with E-state index in [1.165, 1.54) is 9.87 Å². The summed E-state index contributed by atoms with van der Waals surface area (Å²) in [6.45, 7) is 3.96.